The molecule has 0 bridgehead atoms. The molecule has 308 valence electrons. The van der Waals surface area contributed by atoms with Crippen molar-refractivity contribution in [3.8, 4) is 0 Å². The highest BCUT2D eigenvalue weighted by Gasteiger charge is 2.31. The molecule has 0 heterocycles. The summed E-state index contributed by atoms with van der Waals surface area (Å²) in [6, 6.07) is -0.625. The number of quaternary nitrogens is 1. The molecule has 0 aromatic rings. The van der Waals surface area contributed by atoms with Gasteiger partial charge in [-0.1, -0.05) is 132 Å². The monoisotopic (exact) mass is 757 g/mol. The molecule has 0 fully saturated rings. The standard InChI is InChI=1S/C46H77NO7/c1-6-8-10-12-14-16-18-19-20-21-22-23-24-25-27-29-31-33-35-37-45(49)54-42(40-52-39-38-43(46(50)51)47(3,4)5)41-53-44(48)36-34-32-30-28-26-17-15-13-11-9-7-2/h8-11,14-17,19-20,28,30,42-43H,6-7,12-13,18,21-27,29,31-41H2,1-5H3/p+1/b10-8+,11-9+,16-14+,17-15+,20-19+,30-28+. The summed E-state index contributed by atoms with van der Waals surface area (Å²) in [4.78, 5) is 36.9. The van der Waals surface area contributed by atoms with E-state index in [1.165, 1.54) is 38.5 Å². The molecule has 0 saturated carbocycles. The van der Waals surface area contributed by atoms with Gasteiger partial charge in [0.05, 0.1) is 34.4 Å². The summed E-state index contributed by atoms with van der Waals surface area (Å²) in [5.74, 6) is -1.55. The van der Waals surface area contributed by atoms with Gasteiger partial charge in [-0.3, -0.25) is 9.59 Å². The molecule has 0 saturated heterocycles. The van der Waals surface area contributed by atoms with Crippen molar-refractivity contribution < 1.29 is 38.2 Å². The lowest BCUT2D eigenvalue weighted by Gasteiger charge is -2.31. The van der Waals surface area contributed by atoms with Gasteiger partial charge in [-0.05, 0) is 70.6 Å². The van der Waals surface area contributed by atoms with E-state index in [4.69, 9.17) is 14.2 Å². The van der Waals surface area contributed by atoms with Crippen molar-refractivity contribution in [2.45, 2.75) is 161 Å². The Bertz CT molecular complexity index is 1110. The Labute approximate surface area is 330 Å². The van der Waals surface area contributed by atoms with Crippen molar-refractivity contribution in [1.82, 2.24) is 0 Å². The van der Waals surface area contributed by atoms with Gasteiger partial charge in [0.1, 0.15) is 6.61 Å². The molecule has 54 heavy (non-hydrogen) atoms. The van der Waals surface area contributed by atoms with Crippen molar-refractivity contribution in [1.29, 1.82) is 0 Å². The zero-order chi connectivity index (χ0) is 40.0. The van der Waals surface area contributed by atoms with E-state index in [0.29, 0.717) is 19.3 Å². The first-order valence-corrected chi connectivity index (χ1v) is 21.0. The smallest absolute Gasteiger partial charge is 0.362 e. The van der Waals surface area contributed by atoms with Crippen LogP contribution in [0, 0.1) is 0 Å². The van der Waals surface area contributed by atoms with Crippen LogP contribution in [-0.4, -0.2) is 80.6 Å². The molecule has 0 spiro atoms. The van der Waals surface area contributed by atoms with E-state index >= 15 is 0 Å². The Morgan fingerprint density at radius 1 is 0.556 bits per heavy atom. The number of unbranched alkanes of at least 4 members (excludes halogenated alkanes) is 10. The average Bonchev–Trinajstić information content (AvgIpc) is 3.12. The van der Waals surface area contributed by atoms with E-state index < -0.39 is 18.1 Å². The molecule has 0 amide bonds. The molecule has 0 aliphatic heterocycles. The third kappa shape index (κ3) is 34.5. The fraction of sp³-hybridized carbons (Fsp3) is 0.674. The predicted molar refractivity (Wildman–Crippen MR) is 224 cm³/mol. The van der Waals surface area contributed by atoms with Gasteiger partial charge in [-0.25, -0.2) is 4.79 Å². The molecule has 2 atom stereocenters. The molecule has 0 aliphatic rings. The summed E-state index contributed by atoms with van der Waals surface area (Å²) in [5.41, 5.74) is 0. The number of nitrogens with zero attached hydrogens (tertiary/aromatic N) is 1. The van der Waals surface area contributed by atoms with Crippen molar-refractivity contribution in [3.63, 3.8) is 0 Å². The normalized spacial score (nSPS) is 13.7. The van der Waals surface area contributed by atoms with Gasteiger partial charge in [-0.2, -0.15) is 0 Å². The summed E-state index contributed by atoms with van der Waals surface area (Å²) in [7, 11) is 5.50. The number of carbonyl (C=O) groups excluding carboxylic acids is 2. The number of likely N-dealkylation sites (N-methyl/N-ethyl adjacent to an activating group) is 1. The van der Waals surface area contributed by atoms with Gasteiger partial charge in [0.25, 0.3) is 0 Å². The molecule has 0 radical (unpaired) electrons. The lowest BCUT2D eigenvalue weighted by Crippen LogP contribution is -2.50. The topological polar surface area (TPSA) is 99.1 Å². The number of carboxylic acids is 1. The van der Waals surface area contributed by atoms with Crippen molar-refractivity contribution in [2.24, 2.45) is 0 Å². The zero-order valence-corrected chi connectivity index (χ0v) is 34.9. The van der Waals surface area contributed by atoms with E-state index in [0.717, 1.165) is 70.6 Å². The summed E-state index contributed by atoms with van der Waals surface area (Å²) in [6.07, 6.45) is 45.3. The van der Waals surface area contributed by atoms with Crippen LogP contribution < -0.4 is 0 Å². The Kier molecular flexibility index (Phi) is 34.5. The third-order valence-electron chi connectivity index (χ3n) is 8.85. The molecule has 0 aromatic carbocycles. The minimum atomic E-state index is -0.886. The molecule has 0 rings (SSSR count). The average molecular weight is 757 g/mol. The van der Waals surface area contributed by atoms with Crippen molar-refractivity contribution >= 4 is 17.9 Å². The van der Waals surface area contributed by atoms with E-state index in [-0.39, 0.29) is 42.7 Å². The lowest BCUT2D eigenvalue weighted by molar-refractivity contribution is -0.887. The second-order valence-electron chi connectivity index (χ2n) is 14.8. The van der Waals surface area contributed by atoms with Gasteiger partial charge < -0.3 is 23.8 Å². The van der Waals surface area contributed by atoms with Gasteiger partial charge in [0.15, 0.2) is 12.1 Å². The molecule has 0 aliphatic carbocycles. The molecule has 1 N–H and O–H groups in total. The maximum absolute atomic E-state index is 12.7. The van der Waals surface area contributed by atoms with Gasteiger partial charge in [-0.15, -0.1) is 0 Å². The highest BCUT2D eigenvalue weighted by molar-refractivity contribution is 5.72. The number of allylic oxidation sites excluding steroid dienone is 12. The minimum absolute atomic E-state index is 0.0395. The fourth-order valence-corrected chi connectivity index (χ4v) is 5.66. The van der Waals surface area contributed by atoms with Crippen LogP contribution in [0.25, 0.3) is 0 Å². The number of hydrogen-bond donors (Lipinski definition) is 1. The SMILES string of the molecule is CC/C=C/C/C=C/C/C=C/CCCCCCCCCCCC(=O)OC(COCCC(C(=O)O)[N+](C)(C)C)COC(=O)CCC/C=C/C/C=C/C/C=C/CC. The van der Waals surface area contributed by atoms with Crippen LogP contribution in [0.5, 0.6) is 0 Å². The maximum Gasteiger partial charge on any atom is 0.362 e. The van der Waals surface area contributed by atoms with Gasteiger partial charge in [0, 0.05) is 19.3 Å². The first-order valence-electron chi connectivity index (χ1n) is 21.0. The fourth-order valence-electron chi connectivity index (χ4n) is 5.66. The zero-order valence-electron chi connectivity index (χ0n) is 34.9. The minimum Gasteiger partial charge on any atom is -0.477 e. The van der Waals surface area contributed by atoms with Gasteiger partial charge >= 0.3 is 17.9 Å². The summed E-state index contributed by atoms with van der Waals surface area (Å²) >= 11 is 0. The van der Waals surface area contributed by atoms with E-state index in [2.05, 4.69) is 86.8 Å². The Morgan fingerprint density at radius 2 is 1.00 bits per heavy atom. The second kappa shape index (κ2) is 36.7. The molecular weight excluding hydrogens is 679 g/mol. The first kappa shape index (κ1) is 50.8. The molecule has 0 aromatic heterocycles. The number of hydrogen-bond acceptors (Lipinski definition) is 6. The Morgan fingerprint density at radius 3 is 1.50 bits per heavy atom. The van der Waals surface area contributed by atoms with E-state index in [9.17, 15) is 19.5 Å². The van der Waals surface area contributed by atoms with Crippen LogP contribution in [0.15, 0.2) is 72.9 Å². The summed E-state index contributed by atoms with van der Waals surface area (Å²) in [5, 5.41) is 9.60. The first-order chi connectivity index (χ1) is 26.1. The molecule has 2 unspecified atom stereocenters. The van der Waals surface area contributed by atoms with Crippen LogP contribution in [0.4, 0.5) is 0 Å². The van der Waals surface area contributed by atoms with E-state index in [1.54, 1.807) is 0 Å². The summed E-state index contributed by atoms with van der Waals surface area (Å²) < 4.78 is 17.2. The summed E-state index contributed by atoms with van der Waals surface area (Å²) in [6.45, 7) is 4.43. The number of carbonyl (C=O) groups is 3. The van der Waals surface area contributed by atoms with E-state index in [1.807, 2.05) is 21.1 Å². The van der Waals surface area contributed by atoms with Crippen molar-refractivity contribution in [2.75, 3.05) is 41.0 Å². The lowest BCUT2D eigenvalue weighted by atomic mass is 10.1. The quantitative estimate of drug-likeness (QED) is 0.0294. The van der Waals surface area contributed by atoms with Crippen LogP contribution in [0.3, 0.4) is 0 Å². The Balaban J connectivity index is 4.39. The number of ether oxygens (including phenoxy) is 3. The van der Waals surface area contributed by atoms with Crippen LogP contribution >= 0.6 is 0 Å². The third-order valence-corrected chi connectivity index (χ3v) is 8.85. The maximum atomic E-state index is 12.7. The number of rotatable bonds is 36. The second-order valence-corrected chi connectivity index (χ2v) is 14.8. The molecular formula is C46H78NO7+. The molecule has 8 nitrogen and oxygen atoms in total. The highest BCUT2D eigenvalue weighted by atomic mass is 16.6. The number of carboxylic acid groups (broad SMARTS) is 1. The number of esters is 2. The molecule has 8 heteroatoms. The van der Waals surface area contributed by atoms with Crippen LogP contribution in [0.1, 0.15) is 149 Å². The van der Waals surface area contributed by atoms with Crippen LogP contribution in [-0.2, 0) is 28.6 Å². The van der Waals surface area contributed by atoms with Crippen molar-refractivity contribution in [3.05, 3.63) is 72.9 Å². The largest absolute Gasteiger partial charge is 0.477 e. The predicted octanol–water partition coefficient (Wildman–Crippen LogP) is 11.2. The highest BCUT2D eigenvalue weighted by Crippen LogP contribution is 2.13. The van der Waals surface area contributed by atoms with Gasteiger partial charge in [0.2, 0.25) is 0 Å². The Hall–Kier alpha value is -3.23. The van der Waals surface area contributed by atoms with Crippen LogP contribution in [0.2, 0.25) is 0 Å². The number of aliphatic carboxylic acids is 1.